The summed E-state index contributed by atoms with van der Waals surface area (Å²) in [6.07, 6.45) is 0. The molecule has 14 rings (SSSR count). The molecule has 0 amide bonds. The van der Waals surface area contributed by atoms with Crippen LogP contribution in [0.25, 0.3) is 55.6 Å². The summed E-state index contributed by atoms with van der Waals surface area (Å²) in [4.78, 5) is 2.56. The molecule has 0 N–H and O–H groups in total. The molecule has 1 nitrogen and oxygen atoms in total. The quantitative estimate of drug-likeness (QED) is 0.154. The van der Waals surface area contributed by atoms with E-state index in [1.54, 1.807) is 0 Å². The van der Waals surface area contributed by atoms with Crippen molar-refractivity contribution < 1.29 is 0 Å². The van der Waals surface area contributed by atoms with E-state index in [9.17, 15) is 0 Å². The lowest BCUT2D eigenvalue weighted by Crippen LogP contribution is -2.28. The third-order valence-corrected chi connectivity index (χ3v) is 15.4. The molecule has 0 saturated heterocycles. The Balaban J connectivity index is 1.07. The molecule has 0 heterocycles. The number of rotatable bonds is 7. The molecule has 0 aromatic heterocycles. The normalized spacial score (nSPS) is 15.1. The summed E-state index contributed by atoms with van der Waals surface area (Å²) in [5, 5.41) is 0. The predicted octanol–water partition coefficient (Wildman–Crippen LogP) is 17.2. The van der Waals surface area contributed by atoms with E-state index < -0.39 is 10.8 Å². The van der Waals surface area contributed by atoms with Crippen LogP contribution in [0.5, 0.6) is 0 Å². The number of hydrogen-bond donors (Lipinski definition) is 0. The van der Waals surface area contributed by atoms with Crippen molar-refractivity contribution in [3.63, 3.8) is 0 Å². The molecule has 0 bridgehead atoms. The fourth-order valence-corrected chi connectivity index (χ4v) is 12.7. The maximum Gasteiger partial charge on any atom is 0.0726 e. The Labute approximate surface area is 403 Å². The van der Waals surface area contributed by atoms with Gasteiger partial charge in [0.15, 0.2) is 0 Å². The van der Waals surface area contributed by atoms with Gasteiger partial charge >= 0.3 is 0 Å². The highest BCUT2D eigenvalue weighted by molar-refractivity contribution is 6.03. The molecule has 3 aliphatic carbocycles. The van der Waals surface area contributed by atoms with Crippen molar-refractivity contribution in [2.24, 2.45) is 0 Å². The van der Waals surface area contributed by atoms with Gasteiger partial charge in [0, 0.05) is 16.8 Å². The largest absolute Gasteiger partial charge is 0.309 e. The van der Waals surface area contributed by atoms with Crippen LogP contribution in [0, 0.1) is 0 Å². The second-order valence-corrected chi connectivity index (χ2v) is 18.6. The maximum absolute atomic E-state index is 2.56. The second kappa shape index (κ2) is 15.4. The zero-order valence-corrected chi connectivity index (χ0v) is 37.9. The van der Waals surface area contributed by atoms with Gasteiger partial charge in [0.25, 0.3) is 0 Å². The average Bonchev–Trinajstić information content (AvgIpc) is 4.02. The molecule has 11 aromatic rings. The van der Waals surface area contributed by atoms with E-state index in [1.165, 1.54) is 100 Å². The molecule has 0 aliphatic heterocycles. The van der Waals surface area contributed by atoms with Crippen LogP contribution in [-0.4, -0.2) is 0 Å². The maximum atomic E-state index is 2.56. The summed E-state index contributed by atoms with van der Waals surface area (Å²) < 4.78 is 0. The molecule has 3 aliphatic rings. The lowest BCUT2D eigenvalue weighted by Gasteiger charge is -2.34. The molecule has 0 saturated carbocycles. The summed E-state index contributed by atoms with van der Waals surface area (Å²) in [5.41, 5.74) is 25.1. The molecule has 1 unspecified atom stereocenters. The van der Waals surface area contributed by atoms with Crippen LogP contribution < -0.4 is 4.90 Å². The molecule has 0 fully saturated rings. The summed E-state index contributed by atoms with van der Waals surface area (Å²) in [7, 11) is 0. The standard InChI is InChI=1S/C68H45N/c1-5-22-46(23-6-1)48-40-42-55-53-31-13-18-35-59(53)68(63(55)44-48)60-36-19-15-33-56(60)66-62(68)37-21-39-65(66)69(64-38-20-16-30-52(64)47-24-7-2-8-25-47)51-41-43-61-57(45-51)54-32-14-17-34-58(54)67(61,49-26-9-3-10-27-49)50-28-11-4-12-29-50/h1-45H. The zero-order chi connectivity index (χ0) is 45.5. The third kappa shape index (κ3) is 5.53. The molecular formula is C68H45N. The molecule has 322 valence electrons. The second-order valence-electron chi connectivity index (χ2n) is 18.6. The molecule has 11 aromatic carbocycles. The molecule has 1 atom stereocenters. The van der Waals surface area contributed by atoms with E-state index >= 15 is 0 Å². The van der Waals surface area contributed by atoms with Crippen LogP contribution in [0.4, 0.5) is 17.1 Å². The third-order valence-electron chi connectivity index (χ3n) is 15.4. The zero-order valence-electron chi connectivity index (χ0n) is 37.9. The monoisotopic (exact) mass is 875 g/mol. The highest BCUT2D eigenvalue weighted by Crippen LogP contribution is 2.66. The number of nitrogens with zero attached hydrogens (tertiary/aromatic N) is 1. The highest BCUT2D eigenvalue weighted by Gasteiger charge is 2.53. The Morgan fingerprint density at radius 1 is 0.232 bits per heavy atom. The van der Waals surface area contributed by atoms with Crippen molar-refractivity contribution in [3.05, 3.63) is 317 Å². The van der Waals surface area contributed by atoms with Crippen molar-refractivity contribution in [2.45, 2.75) is 10.8 Å². The van der Waals surface area contributed by atoms with Gasteiger partial charge in [-0.3, -0.25) is 0 Å². The minimum Gasteiger partial charge on any atom is -0.309 e. The fraction of sp³-hybridized carbons (Fsp3) is 0.0294. The first-order valence-corrected chi connectivity index (χ1v) is 24.1. The van der Waals surface area contributed by atoms with Crippen LogP contribution in [0.1, 0.15) is 44.5 Å². The molecule has 1 heteroatoms. The van der Waals surface area contributed by atoms with Gasteiger partial charge in [-0.15, -0.1) is 0 Å². The van der Waals surface area contributed by atoms with Gasteiger partial charge in [-0.05, 0) is 119 Å². The van der Waals surface area contributed by atoms with Crippen LogP contribution in [0.2, 0.25) is 0 Å². The van der Waals surface area contributed by atoms with E-state index in [-0.39, 0.29) is 0 Å². The molecule has 1 spiro atoms. The van der Waals surface area contributed by atoms with E-state index in [1.807, 2.05) is 0 Å². The van der Waals surface area contributed by atoms with E-state index in [2.05, 4.69) is 278 Å². The first kappa shape index (κ1) is 39.4. The Morgan fingerprint density at radius 3 is 1.36 bits per heavy atom. The smallest absolute Gasteiger partial charge is 0.0726 e. The SMILES string of the molecule is c1ccc(-c2ccc3c(c2)C2(c4ccccc4-3)c3ccccc3-c3c(N(c4ccc5c(c4)-c4ccccc4C5(c4ccccc4)c4ccccc4)c4ccccc4-c4ccccc4)cccc32)cc1. The number of fused-ring (bicyclic) bond motifs is 13. The van der Waals surface area contributed by atoms with Crippen LogP contribution in [-0.2, 0) is 10.8 Å². The Kier molecular flexibility index (Phi) is 8.78. The van der Waals surface area contributed by atoms with Gasteiger partial charge in [0.05, 0.1) is 22.2 Å². The van der Waals surface area contributed by atoms with Gasteiger partial charge in [0.2, 0.25) is 0 Å². The molecule has 0 radical (unpaired) electrons. The van der Waals surface area contributed by atoms with Gasteiger partial charge in [-0.2, -0.15) is 0 Å². The number of hydrogen-bond acceptors (Lipinski definition) is 1. The first-order chi connectivity index (χ1) is 34.3. The van der Waals surface area contributed by atoms with Crippen LogP contribution in [0.3, 0.4) is 0 Å². The van der Waals surface area contributed by atoms with Crippen LogP contribution >= 0.6 is 0 Å². The number of anilines is 3. The summed E-state index contributed by atoms with van der Waals surface area (Å²) in [5.74, 6) is 0. The molecule has 69 heavy (non-hydrogen) atoms. The minimum absolute atomic E-state index is 0.499. The van der Waals surface area contributed by atoms with Gasteiger partial charge < -0.3 is 4.90 Å². The van der Waals surface area contributed by atoms with Crippen molar-refractivity contribution in [1.82, 2.24) is 0 Å². The highest BCUT2D eigenvalue weighted by atomic mass is 15.1. The Morgan fingerprint density at radius 2 is 0.696 bits per heavy atom. The number of para-hydroxylation sites is 1. The van der Waals surface area contributed by atoms with E-state index in [0.29, 0.717) is 0 Å². The van der Waals surface area contributed by atoms with Crippen molar-refractivity contribution in [1.29, 1.82) is 0 Å². The predicted molar refractivity (Wildman–Crippen MR) is 286 cm³/mol. The topological polar surface area (TPSA) is 3.24 Å². The first-order valence-electron chi connectivity index (χ1n) is 24.1. The van der Waals surface area contributed by atoms with E-state index in [4.69, 9.17) is 0 Å². The van der Waals surface area contributed by atoms with Crippen molar-refractivity contribution in [2.75, 3.05) is 4.90 Å². The minimum atomic E-state index is -0.537. The van der Waals surface area contributed by atoms with Crippen molar-refractivity contribution >= 4 is 17.1 Å². The van der Waals surface area contributed by atoms with Crippen molar-refractivity contribution in [3.8, 4) is 55.6 Å². The lowest BCUT2D eigenvalue weighted by molar-refractivity contribution is 0.768. The average molecular weight is 876 g/mol. The molecular weight excluding hydrogens is 831 g/mol. The van der Waals surface area contributed by atoms with Gasteiger partial charge in [-0.25, -0.2) is 0 Å². The summed E-state index contributed by atoms with van der Waals surface area (Å²) in [6.45, 7) is 0. The van der Waals surface area contributed by atoms with Gasteiger partial charge in [-0.1, -0.05) is 243 Å². The summed E-state index contributed by atoms with van der Waals surface area (Å²) in [6, 6.07) is 102. The lowest BCUT2D eigenvalue weighted by atomic mass is 9.68. The van der Waals surface area contributed by atoms with E-state index in [0.717, 1.165) is 17.1 Å². The Hall–Kier alpha value is -8.78. The fourth-order valence-electron chi connectivity index (χ4n) is 12.7. The Bertz CT molecular complexity index is 3740. The van der Waals surface area contributed by atoms with Gasteiger partial charge in [0.1, 0.15) is 0 Å². The van der Waals surface area contributed by atoms with Crippen LogP contribution in [0.15, 0.2) is 273 Å². The number of benzene rings is 11. The summed E-state index contributed by atoms with van der Waals surface area (Å²) >= 11 is 0.